The zero-order valence-corrected chi connectivity index (χ0v) is 11.9. The number of sulfonamides is 1. The highest BCUT2D eigenvalue weighted by atomic mass is 32.2. The molecule has 2 aromatic rings. The number of nitrogens with zero attached hydrogens (tertiary/aromatic N) is 2. The van der Waals surface area contributed by atoms with Gasteiger partial charge >= 0.3 is 0 Å². The quantitative estimate of drug-likeness (QED) is 0.899. The van der Waals surface area contributed by atoms with Gasteiger partial charge in [-0.2, -0.15) is 10.4 Å². The number of nitrogens with one attached hydrogen (secondary N) is 2. The Kier molecular flexibility index (Phi) is 3.51. The summed E-state index contributed by atoms with van der Waals surface area (Å²) in [5.41, 5.74) is 0.650. The fraction of sp³-hybridized carbons (Fsp3) is 0.231. The maximum absolute atomic E-state index is 12.0. The van der Waals surface area contributed by atoms with E-state index in [9.17, 15) is 8.42 Å². The summed E-state index contributed by atoms with van der Waals surface area (Å²) in [4.78, 5) is 0.0685. The summed E-state index contributed by atoms with van der Waals surface area (Å²) in [6.45, 7) is 3.61. The lowest BCUT2D eigenvalue weighted by Crippen LogP contribution is -2.15. The molecule has 1 aromatic heterocycles. The minimum absolute atomic E-state index is 0.0685. The summed E-state index contributed by atoms with van der Waals surface area (Å²) >= 11 is 0. The molecule has 0 atom stereocenters. The fourth-order valence-electron chi connectivity index (χ4n) is 1.62. The molecule has 7 heteroatoms. The molecule has 0 saturated heterocycles. The van der Waals surface area contributed by atoms with E-state index < -0.39 is 15.4 Å². The van der Waals surface area contributed by atoms with Crippen molar-refractivity contribution in [3.05, 3.63) is 42.2 Å². The van der Waals surface area contributed by atoms with Gasteiger partial charge in [-0.15, -0.1) is 0 Å². The first-order valence-electron chi connectivity index (χ1n) is 5.88. The molecule has 0 unspecified atom stereocenters. The summed E-state index contributed by atoms with van der Waals surface area (Å²) in [5.74, 6) is 0. The molecule has 0 saturated carbocycles. The van der Waals surface area contributed by atoms with Crippen molar-refractivity contribution >= 4 is 15.7 Å². The van der Waals surface area contributed by atoms with Crippen LogP contribution in [0.2, 0.25) is 0 Å². The van der Waals surface area contributed by atoms with Gasteiger partial charge in [-0.3, -0.25) is 9.82 Å². The minimum Gasteiger partial charge on any atom is -0.284 e. The van der Waals surface area contributed by atoms with Crippen LogP contribution in [0.1, 0.15) is 19.4 Å². The van der Waals surface area contributed by atoms with E-state index in [2.05, 4.69) is 21.0 Å². The van der Waals surface area contributed by atoms with Crippen LogP contribution in [0, 0.1) is 11.3 Å². The Bertz CT molecular complexity index is 726. The van der Waals surface area contributed by atoms with Crippen molar-refractivity contribution in [1.82, 2.24) is 10.2 Å². The van der Waals surface area contributed by atoms with Gasteiger partial charge in [-0.25, -0.2) is 8.42 Å². The maximum Gasteiger partial charge on any atom is 0.265 e. The second-order valence-corrected chi connectivity index (χ2v) is 6.54. The van der Waals surface area contributed by atoms with Crippen LogP contribution >= 0.6 is 0 Å². The van der Waals surface area contributed by atoms with Crippen molar-refractivity contribution in [3.63, 3.8) is 0 Å². The molecular weight excluding hydrogens is 276 g/mol. The van der Waals surface area contributed by atoms with E-state index in [0.717, 1.165) is 5.56 Å². The molecule has 0 aliphatic rings. The summed E-state index contributed by atoms with van der Waals surface area (Å²) in [5, 5.41) is 15.1. The van der Waals surface area contributed by atoms with Gasteiger partial charge in [0, 0.05) is 11.9 Å². The number of rotatable bonds is 4. The zero-order chi connectivity index (χ0) is 14.8. The molecule has 104 valence electrons. The van der Waals surface area contributed by atoms with E-state index in [0.29, 0.717) is 5.69 Å². The van der Waals surface area contributed by atoms with Gasteiger partial charge in [-0.05, 0) is 31.5 Å². The zero-order valence-electron chi connectivity index (χ0n) is 11.1. The SMILES string of the molecule is CC(C)(C#N)c1ccc(NS(=O)(=O)c2cn[nH]c2)cc1. The van der Waals surface area contributed by atoms with E-state index in [4.69, 9.17) is 5.26 Å². The Morgan fingerprint density at radius 2 is 1.95 bits per heavy atom. The second kappa shape index (κ2) is 4.98. The van der Waals surface area contributed by atoms with Crippen molar-refractivity contribution in [3.8, 4) is 6.07 Å². The summed E-state index contributed by atoms with van der Waals surface area (Å²) in [6, 6.07) is 8.92. The van der Waals surface area contributed by atoms with E-state index in [1.165, 1.54) is 12.4 Å². The Balaban J connectivity index is 2.23. The lowest BCUT2D eigenvalue weighted by molar-refractivity contribution is 0.601. The van der Waals surface area contributed by atoms with E-state index in [-0.39, 0.29) is 4.90 Å². The molecule has 1 heterocycles. The number of hydrogen-bond acceptors (Lipinski definition) is 4. The van der Waals surface area contributed by atoms with E-state index in [1.54, 1.807) is 38.1 Å². The molecule has 0 fully saturated rings. The van der Waals surface area contributed by atoms with Crippen LogP contribution in [0.15, 0.2) is 41.6 Å². The van der Waals surface area contributed by atoms with Crippen molar-refractivity contribution < 1.29 is 8.42 Å². The first-order valence-corrected chi connectivity index (χ1v) is 7.37. The monoisotopic (exact) mass is 290 g/mol. The normalized spacial score (nSPS) is 11.8. The second-order valence-electron chi connectivity index (χ2n) is 4.85. The fourth-order valence-corrected chi connectivity index (χ4v) is 2.58. The van der Waals surface area contributed by atoms with Gasteiger partial charge in [0.1, 0.15) is 4.90 Å². The number of aromatic amines is 1. The summed E-state index contributed by atoms with van der Waals surface area (Å²) < 4.78 is 26.4. The third kappa shape index (κ3) is 2.81. The van der Waals surface area contributed by atoms with Crippen LogP contribution in [0.25, 0.3) is 0 Å². The molecule has 20 heavy (non-hydrogen) atoms. The van der Waals surface area contributed by atoms with Crippen molar-refractivity contribution in [2.75, 3.05) is 4.72 Å². The maximum atomic E-state index is 12.0. The molecule has 0 spiro atoms. The van der Waals surface area contributed by atoms with Crippen LogP contribution in [-0.2, 0) is 15.4 Å². The molecule has 1 aromatic carbocycles. The smallest absolute Gasteiger partial charge is 0.265 e. The molecule has 2 N–H and O–H groups in total. The Labute approximate surface area is 117 Å². The Hall–Kier alpha value is -2.33. The summed E-state index contributed by atoms with van der Waals surface area (Å²) in [6.07, 6.45) is 2.53. The third-order valence-corrected chi connectivity index (χ3v) is 4.27. The van der Waals surface area contributed by atoms with Crippen LogP contribution in [0.3, 0.4) is 0 Å². The average Bonchev–Trinajstić information content (AvgIpc) is 2.93. The highest BCUT2D eigenvalue weighted by Gasteiger charge is 2.20. The summed E-state index contributed by atoms with van der Waals surface area (Å²) in [7, 11) is -3.63. The number of nitriles is 1. The standard InChI is InChI=1S/C13H14N4O2S/c1-13(2,9-14)10-3-5-11(6-4-10)17-20(18,19)12-7-15-16-8-12/h3-8,17H,1-2H3,(H,15,16). The van der Waals surface area contributed by atoms with Crippen molar-refractivity contribution in [2.45, 2.75) is 24.2 Å². The lowest BCUT2D eigenvalue weighted by atomic mass is 9.86. The predicted octanol–water partition coefficient (Wildman–Crippen LogP) is 2.01. The van der Waals surface area contributed by atoms with Gasteiger partial charge in [0.05, 0.1) is 17.7 Å². The van der Waals surface area contributed by atoms with Crippen molar-refractivity contribution in [1.29, 1.82) is 5.26 Å². The first-order chi connectivity index (χ1) is 9.35. The first kappa shape index (κ1) is 14.1. The molecule has 2 rings (SSSR count). The molecule has 0 bridgehead atoms. The van der Waals surface area contributed by atoms with Crippen molar-refractivity contribution in [2.24, 2.45) is 0 Å². The Morgan fingerprint density at radius 1 is 1.30 bits per heavy atom. The largest absolute Gasteiger partial charge is 0.284 e. The van der Waals surface area contributed by atoms with Gasteiger partial charge < -0.3 is 0 Å². The number of H-pyrrole nitrogens is 1. The van der Waals surface area contributed by atoms with Crippen LogP contribution in [-0.4, -0.2) is 18.6 Å². The molecule has 0 radical (unpaired) electrons. The van der Waals surface area contributed by atoms with Crippen LogP contribution in [0.4, 0.5) is 5.69 Å². The number of aromatic nitrogens is 2. The minimum atomic E-state index is -3.63. The molecule has 0 aliphatic heterocycles. The average molecular weight is 290 g/mol. The van der Waals surface area contributed by atoms with Crippen LogP contribution in [0.5, 0.6) is 0 Å². The molecule has 0 aliphatic carbocycles. The van der Waals surface area contributed by atoms with Gasteiger partial charge in [-0.1, -0.05) is 12.1 Å². The van der Waals surface area contributed by atoms with Gasteiger partial charge in [0.2, 0.25) is 0 Å². The number of anilines is 1. The topological polar surface area (TPSA) is 98.6 Å². The highest BCUT2D eigenvalue weighted by Crippen LogP contribution is 2.24. The van der Waals surface area contributed by atoms with Crippen LogP contribution < -0.4 is 4.72 Å². The molecule has 6 nitrogen and oxygen atoms in total. The van der Waals surface area contributed by atoms with E-state index >= 15 is 0 Å². The van der Waals surface area contributed by atoms with Gasteiger partial charge in [0.15, 0.2) is 0 Å². The molecular formula is C13H14N4O2S. The number of benzene rings is 1. The highest BCUT2D eigenvalue weighted by molar-refractivity contribution is 7.92. The Morgan fingerprint density at radius 3 is 2.45 bits per heavy atom. The number of hydrogen-bond donors (Lipinski definition) is 2. The molecule has 0 amide bonds. The predicted molar refractivity (Wildman–Crippen MR) is 74.5 cm³/mol. The third-order valence-electron chi connectivity index (χ3n) is 2.92. The lowest BCUT2D eigenvalue weighted by Gasteiger charge is -2.16. The van der Waals surface area contributed by atoms with Gasteiger partial charge in [0.25, 0.3) is 10.0 Å². The van der Waals surface area contributed by atoms with E-state index in [1.807, 2.05) is 0 Å².